The number of rotatable bonds is 2. The second-order valence-corrected chi connectivity index (χ2v) is 4.73. The summed E-state index contributed by atoms with van der Waals surface area (Å²) in [4.78, 5) is 18.0. The average molecular weight is 298 g/mol. The van der Waals surface area contributed by atoms with Gasteiger partial charge in [-0.05, 0) is 11.4 Å². The molecule has 20 heavy (non-hydrogen) atoms. The normalized spacial score (nSPS) is 10.9. The number of thiophene rings is 1. The Labute approximate surface area is 113 Å². The maximum absolute atomic E-state index is 13.0. The lowest BCUT2D eigenvalue weighted by Gasteiger charge is -2.05. The van der Waals surface area contributed by atoms with Crippen LogP contribution in [0, 0.1) is 17.5 Å². The minimum atomic E-state index is -1.59. The van der Waals surface area contributed by atoms with Crippen molar-refractivity contribution < 1.29 is 17.9 Å². The molecule has 2 heterocycles. The van der Waals surface area contributed by atoms with Crippen LogP contribution in [0.5, 0.6) is 11.8 Å². The van der Waals surface area contributed by atoms with E-state index in [1.807, 2.05) is 0 Å². The smallest absolute Gasteiger partial charge is 0.302 e. The number of H-pyrrole nitrogens is 1. The van der Waals surface area contributed by atoms with Crippen molar-refractivity contribution in [3.63, 3.8) is 0 Å². The predicted octanol–water partition coefficient (Wildman–Crippen LogP) is 3.19. The molecule has 102 valence electrons. The summed E-state index contributed by atoms with van der Waals surface area (Å²) >= 11 is 1.20. The zero-order valence-electron chi connectivity index (χ0n) is 9.62. The molecular weight excluding hydrogens is 293 g/mol. The van der Waals surface area contributed by atoms with Crippen molar-refractivity contribution in [3.05, 3.63) is 51.4 Å². The molecule has 0 aliphatic heterocycles. The highest BCUT2D eigenvalue weighted by atomic mass is 32.1. The standard InChI is InChI=1S/C12H5F3N2O2S/c13-6-3-5(4-7(14)9(6)15)19-12-16-8-1-2-20-10(8)11(18)17-12/h1-4H,(H,16,17,18). The zero-order chi connectivity index (χ0) is 14.3. The molecule has 8 heteroatoms. The number of nitrogens with zero attached hydrogens (tertiary/aromatic N) is 1. The minimum Gasteiger partial charge on any atom is -0.425 e. The van der Waals surface area contributed by atoms with Crippen molar-refractivity contribution in [1.82, 2.24) is 9.97 Å². The second-order valence-electron chi connectivity index (χ2n) is 3.81. The Morgan fingerprint density at radius 1 is 1.20 bits per heavy atom. The number of hydrogen-bond acceptors (Lipinski definition) is 4. The fourth-order valence-corrected chi connectivity index (χ4v) is 2.33. The van der Waals surface area contributed by atoms with Gasteiger partial charge in [0.05, 0.1) is 5.52 Å². The molecule has 0 aliphatic carbocycles. The molecule has 1 aromatic carbocycles. The van der Waals surface area contributed by atoms with Crippen molar-refractivity contribution in [3.8, 4) is 11.8 Å². The highest BCUT2D eigenvalue weighted by Gasteiger charge is 2.13. The highest BCUT2D eigenvalue weighted by molar-refractivity contribution is 7.17. The molecule has 4 nitrogen and oxygen atoms in total. The topological polar surface area (TPSA) is 55.0 Å². The van der Waals surface area contributed by atoms with E-state index >= 15 is 0 Å². The maximum atomic E-state index is 13.0. The van der Waals surface area contributed by atoms with Gasteiger partial charge in [0.25, 0.3) is 5.56 Å². The molecule has 0 saturated carbocycles. The van der Waals surface area contributed by atoms with Crippen LogP contribution in [0.3, 0.4) is 0 Å². The molecular formula is C12H5F3N2O2S. The Morgan fingerprint density at radius 2 is 1.90 bits per heavy atom. The summed E-state index contributed by atoms with van der Waals surface area (Å²) in [5, 5.41) is 1.67. The fraction of sp³-hybridized carbons (Fsp3) is 0. The molecule has 0 aliphatic rings. The molecule has 3 rings (SSSR count). The van der Waals surface area contributed by atoms with Gasteiger partial charge in [0, 0.05) is 12.1 Å². The fourth-order valence-electron chi connectivity index (χ4n) is 1.60. The Hall–Kier alpha value is -2.35. The van der Waals surface area contributed by atoms with Crippen molar-refractivity contribution in [1.29, 1.82) is 0 Å². The molecule has 0 amide bonds. The molecule has 3 aromatic rings. The molecule has 1 N–H and O–H groups in total. The SMILES string of the molecule is O=c1[nH]c(Oc2cc(F)c(F)c(F)c2)nc2ccsc12. The van der Waals surface area contributed by atoms with Gasteiger partial charge in [0.2, 0.25) is 0 Å². The number of halogens is 3. The third kappa shape index (κ3) is 2.14. The van der Waals surface area contributed by atoms with Crippen molar-refractivity contribution in [2.45, 2.75) is 0 Å². The Kier molecular flexibility index (Phi) is 2.94. The Balaban J connectivity index is 2.03. The van der Waals surface area contributed by atoms with E-state index in [-0.39, 0.29) is 11.8 Å². The van der Waals surface area contributed by atoms with E-state index in [2.05, 4.69) is 9.97 Å². The summed E-state index contributed by atoms with van der Waals surface area (Å²) < 4.78 is 44.3. The summed E-state index contributed by atoms with van der Waals surface area (Å²) in [6.45, 7) is 0. The quantitative estimate of drug-likeness (QED) is 0.739. The van der Waals surface area contributed by atoms with Crippen LogP contribution in [0.15, 0.2) is 28.4 Å². The summed E-state index contributed by atoms with van der Waals surface area (Å²) in [7, 11) is 0. The van der Waals surface area contributed by atoms with Gasteiger partial charge in [-0.25, -0.2) is 13.2 Å². The van der Waals surface area contributed by atoms with E-state index in [4.69, 9.17) is 4.74 Å². The number of fused-ring (bicyclic) bond motifs is 1. The van der Waals surface area contributed by atoms with Crippen LogP contribution in [0.1, 0.15) is 0 Å². The predicted molar refractivity (Wildman–Crippen MR) is 66.6 cm³/mol. The lowest BCUT2D eigenvalue weighted by molar-refractivity contribution is 0.409. The zero-order valence-corrected chi connectivity index (χ0v) is 10.4. The van der Waals surface area contributed by atoms with Gasteiger partial charge in [0.1, 0.15) is 10.4 Å². The van der Waals surface area contributed by atoms with Crippen molar-refractivity contribution >= 4 is 21.6 Å². The first-order valence-corrected chi connectivity index (χ1v) is 6.22. The summed E-state index contributed by atoms with van der Waals surface area (Å²) in [5.74, 6) is -4.68. The summed E-state index contributed by atoms with van der Waals surface area (Å²) in [6.07, 6.45) is 0. The summed E-state index contributed by atoms with van der Waals surface area (Å²) in [5.41, 5.74) is -0.0279. The van der Waals surface area contributed by atoms with E-state index in [0.717, 1.165) is 0 Å². The van der Waals surface area contributed by atoms with Crippen LogP contribution in [0.25, 0.3) is 10.2 Å². The molecule has 0 atom stereocenters. The lowest BCUT2D eigenvalue weighted by Crippen LogP contribution is -2.07. The van der Waals surface area contributed by atoms with Crippen LogP contribution in [0.4, 0.5) is 13.2 Å². The first-order valence-electron chi connectivity index (χ1n) is 5.34. The van der Waals surface area contributed by atoms with Crippen molar-refractivity contribution in [2.24, 2.45) is 0 Å². The summed E-state index contributed by atoms with van der Waals surface area (Å²) in [6, 6.07) is 2.70. The maximum Gasteiger partial charge on any atom is 0.302 e. The van der Waals surface area contributed by atoms with Crippen LogP contribution in [0.2, 0.25) is 0 Å². The van der Waals surface area contributed by atoms with Gasteiger partial charge >= 0.3 is 6.01 Å². The number of nitrogens with one attached hydrogen (secondary N) is 1. The van der Waals surface area contributed by atoms with Gasteiger partial charge in [-0.3, -0.25) is 9.78 Å². The molecule has 2 aromatic heterocycles. The van der Waals surface area contributed by atoms with Gasteiger partial charge in [-0.15, -0.1) is 11.3 Å². The van der Waals surface area contributed by atoms with Gasteiger partial charge < -0.3 is 4.74 Å². The second kappa shape index (κ2) is 4.64. The molecule has 0 unspecified atom stereocenters. The van der Waals surface area contributed by atoms with E-state index in [0.29, 0.717) is 22.3 Å². The lowest BCUT2D eigenvalue weighted by atomic mass is 10.3. The Morgan fingerprint density at radius 3 is 2.60 bits per heavy atom. The third-order valence-corrected chi connectivity index (χ3v) is 3.37. The van der Waals surface area contributed by atoms with Gasteiger partial charge in [-0.2, -0.15) is 4.98 Å². The highest BCUT2D eigenvalue weighted by Crippen LogP contribution is 2.24. The minimum absolute atomic E-state index is 0.230. The molecule has 0 radical (unpaired) electrons. The van der Waals surface area contributed by atoms with E-state index in [9.17, 15) is 18.0 Å². The van der Waals surface area contributed by atoms with Gasteiger partial charge in [-0.1, -0.05) is 0 Å². The largest absolute Gasteiger partial charge is 0.425 e. The molecule has 0 bridgehead atoms. The Bertz CT molecular complexity index is 836. The monoisotopic (exact) mass is 298 g/mol. The number of aromatic amines is 1. The number of benzene rings is 1. The van der Waals surface area contributed by atoms with Crippen molar-refractivity contribution in [2.75, 3.05) is 0 Å². The molecule has 0 saturated heterocycles. The first-order chi connectivity index (χ1) is 9.54. The first kappa shape index (κ1) is 12.7. The van der Waals surface area contributed by atoms with Gasteiger partial charge in [0.15, 0.2) is 17.5 Å². The van der Waals surface area contributed by atoms with Crippen LogP contribution in [-0.4, -0.2) is 9.97 Å². The average Bonchev–Trinajstić information content (AvgIpc) is 2.84. The van der Waals surface area contributed by atoms with Crippen LogP contribution in [-0.2, 0) is 0 Å². The number of aromatic nitrogens is 2. The number of ether oxygens (including phenoxy) is 1. The molecule has 0 spiro atoms. The molecule has 0 fully saturated rings. The number of hydrogen-bond donors (Lipinski definition) is 1. The third-order valence-electron chi connectivity index (χ3n) is 2.46. The van der Waals surface area contributed by atoms with E-state index < -0.39 is 23.0 Å². The van der Waals surface area contributed by atoms with E-state index in [1.54, 1.807) is 11.4 Å². The van der Waals surface area contributed by atoms with Crippen LogP contribution >= 0.6 is 11.3 Å². The van der Waals surface area contributed by atoms with Crippen LogP contribution < -0.4 is 10.3 Å². The van der Waals surface area contributed by atoms with E-state index in [1.165, 1.54) is 11.3 Å².